The van der Waals surface area contributed by atoms with E-state index >= 15 is 0 Å². The minimum absolute atomic E-state index is 0.0678. The average molecular weight is 490 g/mol. The summed E-state index contributed by atoms with van der Waals surface area (Å²) >= 11 is 0. The summed E-state index contributed by atoms with van der Waals surface area (Å²) in [5, 5.41) is 7.55. The van der Waals surface area contributed by atoms with Crippen LogP contribution in [0.25, 0.3) is 0 Å². The van der Waals surface area contributed by atoms with Crippen molar-refractivity contribution in [3.05, 3.63) is 70.8 Å². The fraction of sp³-hybridized carbons (Fsp3) is 0.552. The molecule has 3 nitrogen and oxygen atoms in total. The van der Waals surface area contributed by atoms with E-state index in [9.17, 15) is 18.0 Å². The van der Waals surface area contributed by atoms with E-state index < -0.39 is 11.7 Å². The highest BCUT2D eigenvalue weighted by atomic mass is 19.4. The van der Waals surface area contributed by atoms with Gasteiger partial charge in [-0.2, -0.15) is 13.2 Å². The molecule has 0 spiro atoms. The molecule has 1 amide bonds. The minimum Gasteiger partial charge on any atom is -0.352 e. The van der Waals surface area contributed by atoms with E-state index in [1.807, 2.05) is 19.1 Å². The van der Waals surface area contributed by atoms with Crippen molar-refractivity contribution in [2.75, 3.05) is 6.54 Å². The van der Waals surface area contributed by atoms with Crippen molar-refractivity contribution in [1.29, 1.82) is 0 Å². The summed E-state index contributed by atoms with van der Waals surface area (Å²) in [5.74, 6) is -0.0678. The lowest BCUT2D eigenvalue weighted by atomic mass is 10.0. The Labute approximate surface area is 208 Å². The zero-order valence-corrected chi connectivity index (χ0v) is 21.2. The molecule has 0 saturated carbocycles. The maximum atomic E-state index is 12.7. The van der Waals surface area contributed by atoms with Gasteiger partial charge in [-0.3, -0.25) is 4.79 Å². The molecular formula is C29H40F3N2O. The Bertz CT molecular complexity index is 848. The lowest BCUT2D eigenvalue weighted by Crippen LogP contribution is -2.24. The third-order valence-electron chi connectivity index (χ3n) is 6.30. The fourth-order valence-electron chi connectivity index (χ4n) is 3.98. The molecule has 1 unspecified atom stereocenters. The molecule has 0 fully saturated rings. The van der Waals surface area contributed by atoms with Gasteiger partial charge in [0.1, 0.15) is 0 Å². The molecule has 2 rings (SSSR count). The molecule has 6 heteroatoms. The number of hydrogen-bond acceptors (Lipinski definition) is 1. The molecule has 0 aliphatic heterocycles. The maximum Gasteiger partial charge on any atom is 0.416 e. The van der Waals surface area contributed by atoms with Crippen molar-refractivity contribution in [3.8, 4) is 0 Å². The van der Waals surface area contributed by atoms with Crippen LogP contribution in [0.3, 0.4) is 0 Å². The predicted octanol–water partition coefficient (Wildman–Crippen LogP) is 8.22. The number of halogens is 3. The van der Waals surface area contributed by atoms with Gasteiger partial charge in [0.2, 0.25) is 0 Å². The second-order valence-corrected chi connectivity index (χ2v) is 9.27. The number of nitrogens with zero attached hydrogens (tertiary/aromatic N) is 1. The first-order valence-corrected chi connectivity index (χ1v) is 13.0. The van der Waals surface area contributed by atoms with E-state index in [1.165, 1.54) is 63.5 Å². The van der Waals surface area contributed by atoms with Crippen molar-refractivity contribution < 1.29 is 18.0 Å². The van der Waals surface area contributed by atoms with Crippen LogP contribution in [0.4, 0.5) is 13.2 Å². The first kappa shape index (κ1) is 28.9. The third kappa shape index (κ3) is 11.3. The first-order valence-electron chi connectivity index (χ1n) is 13.0. The minimum atomic E-state index is -4.33. The van der Waals surface area contributed by atoms with Gasteiger partial charge < -0.3 is 5.32 Å². The SMILES string of the molecule is CCCCCCCCCCCCNC(=O)c1ccc(C(C)[N]Cc2ccc(C(F)(F)F)cc2)cc1. The molecule has 35 heavy (non-hydrogen) atoms. The van der Waals surface area contributed by atoms with E-state index in [-0.39, 0.29) is 11.9 Å². The molecule has 0 heterocycles. The first-order chi connectivity index (χ1) is 16.8. The molecule has 0 aromatic heterocycles. The highest BCUT2D eigenvalue weighted by Gasteiger charge is 2.29. The van der Waals surface area contributed by atoms with Gasteiger partial charge >= 0.3 is 6.18 Å². The van der Waals surface area contributed by atoms with Crippen LogP contribution in [0, 0.1) is 0 Å². The number of nitrogens with one attached hydrogen (secondary N) is 1. The molecule has 2 aromatic carbocycles. The molecule has 1 N–H and O–H groups in total. The number of hydrogen-bond donors (Lipinski definition) is 1. The summed E-state index contributed by atoms with van der Waals surface area (Å²) in [6, 6.07) is 12.3. The summed E-state index contributed by atoms with van der Waals surface area (Å²) in [4.78, 5) is 12.4. The normalized spacial score (nSPS) is 12.5. The molecule has 1 atom stereocenters. The summed E-state index contributed by atoms with van der Waals surface area (Å²) in [6.45, 7) is 5.20. The van der Waals surface area contributed by atoms with Crippen LogP contribution >= 0.6 is 0 Å². The molecule has 193 valence electrons. The standard InChI is InChI=1S/C29H40F3N2O/c1-3-4-5-6-7-8-9-10-11-12-21-33-28(35)26-17-15-25(16-18-26)23(2)34-22-24-13-19-27(20-14-24)29(30,31)32/h13-20,23H,3-12,21-22H2,1-2H3,(H,33,35). The highest BCUT2D eigenvalue weighted by molar-refractivity contribution is 5.94. The molecule has 1 radical (unpaired) electrons. The Kier molecular flexibility index (Phi) is 12.9. The van der Waals surface area contributed by atoms with E-state index in [1.54, 1.807) is 12.1 Å². The van der Waals surface area contributed by atoms with Crippen LogP contribution in [0.5, 0.6) is 0 Å². The van der Waals surface area contributed by atoms with Gasteiger partial charge in [-0.25, -0.2) is 5.32 Å². The number of unbranched alkanes of at least 4 members (excludes halogenated alkanes) is 9. The Morgan fingerprint density at radius 1 is 0.829 bits per heavy atom. The predicted molar refractivity (Wildman–Crippen MR) is 136 cm³/mol. The molecular weight excluding hydrogens is 449 g/mol. The van der Waals surface area contributed by atoms with E-state index in [0.29, 0.717) is 18.7 Å². The monoisotopic (exact) mass is 489 g/mol. The smallest absolute Gasteiger partial charge is 0.352 e. The summed E-state index contributed by atoms with van der Waals surface area (Å²) < 4.78 is 38.0. The van der Waals surface area contributed by atoms with Crippen molar-refractivity contribution in [2.45, 2.75) is 96.8 Å². The van der Waals surface area contributed by atoms with Crippen LogP contribution < -0.4 is 10.6 Å². The van der Waals surface area contributed by atoms with Gasteiger partial charge in [0.15, 0.2) is 0 Å². The Morgan fingerprint density at radius 2 is 1.37 bits per heavy atom. The second kappa shape index (κ2) is 15.6. The van der Waals surface area contributed by atoms with Gasteiger partial charge in [0, 0.05) is 24.7 Å². The zero-order valence-electron chi connectivity index (χ0n) is 21.2. The van der Waals surface area contributed by atoms with Crippen LogP contribution in [-0.2, 0) is 12.7 Å². The number of benzene rings is 2. The lowest BCUT2D eigenvalue weighted by Gasteiger charge is -2.14. The van der Waals surface area contributed by atoms with Crippen LogP contribution in [0.15, 0.2) is 48.5 Å². The second-order valence-electron chi connectivity index (χ2n) is 9.27. The average Bonchev–Trinajstić information content (AvgIpc) is 2.85. The molecule has 0 saturated heterocycles. The molecule has 0 aliphatic rings. The van der Waals surface area contributed by atoms with Crippen molar-refractivity contribution in [1.82, 2.24) is 10.6 Å². The highest BCUT2D eigenvalue weighted by Crippen LogP contribution is 2.29. The van der Waals surface area contributed by atoms with Crippen molar-refractivity contribution in [3.63, 3.8) is 0 Å². The number of carbonyl (C=O) groups is 1. The molecule has 0 aliphatic carbocycles. The fourth-order valence-corrected chi connectivity index (χ4v) is 3.98. The van der Waals surface area contributed by atoms with E-state index in [2.05, 4.69) is 17.6 Å². The largest absolute Gasteiger partial charge is 0.416 e. The topological polar surface area (TPSA) is 43.2 Å². The van der Waals surface area contributed by atoms with Crippen LogP contribution in [-0.4, -0.2) is 12.5 Å². The molecule has 0 bridgehead atoms. The quantitative estimate of drug-likeness (QED) is 0.237. The van der Waals surface area contributed by atoms with Gasteiger partial charge in [-0.1, -0.05) is 89.0 Å². The van der Waals surface area contributed by atoms with Crippen LogP contribution in [0.2, 0.25) is 0 Å². The van der Waals surface area contributed by atoms with Crippen molar-refractivity contribution >= 4 is 5.91 Å². The number of carbonyl (C=O) groups excluding carboxylic acids is 1. The Hall–Kier alpha value is -2.34. The third-order valence-corrected chi connectivity index (χ3v) is 6.30. The number of amides is 1. The number of alkyl halides is 3. The summed E-state index contributed by atoms with van der Waals surface area (Å²) in [5.41, 5.74) is 1.66. The van der Waals surface area contributed by atoms with Crippen LogP contribution in [0.1, 0.15) is 111 Å². The Morgan fingerprint density at radius 3 is 1.91 bits per heavy atom. The molecule has 2 aromatic rings. The van der Waals surface area contributed by atoms with Gasteiger partial charge in [0.25, 0.3) is 5.91 Å². The zero-order chi connectivity index (χ0) is 25.5. The van der Waals surface area contributed by atoms with Gasteiger partial charge in [0.05, 0.1) is 5.56 Å². The van der Waals surface area contributed by atoms with Crippen molar-refractivity contribution in [2.24, 2.45) is 0 Å². The summed E-state index contributed by atoms with van der Waals surface area (Å²) in [7, 11) is 0. The lowest BCUT2D eigenvalue weighted by molar-refractivity contribution is -0.137. The van der Waals surface area contributed by atoms with E-state index in [0.717, 1.165) is 36.1 Å². The maximum absolute atomic E-state index is 12.7. The van der Waals surface area contributed by atoms with Gasteiger partial charge in [-0.15, -0.1) is 0 Å². The van der Waals surface area contributed by atoms with E-state index in [4.69, 9.17) is 0 Å². The number of rotatable bonds is 16. The van der Waals surface area contributed by atoms with Gasteiger partial charge in [-0.05, 0) is 48.7 Å². The Balaban J connectivity index is 1.63. The summed E-state index contributed by atoms with van der Waals surface area (Å²) in [6.07, 6.45) is 8.34.